The molecule has 0 radical (unpaired) electrons. The predicted molar refractivity (Wildman–Crippen MR) is 98.4 cm³/mol. The maximum Gasteiger partial charge on any atom is 0.307 e. The Labute approximate surface area is 146 Å². The molecule has 2 aliphatic rings. The second-order valence-corrected chi connectivity index (χ2v) is 7.98. The number of carbonyl (C=O) groups is 1. The van der Waals surface area contributed by atoms with Crippen molar-refractivity contribution in [2.75, 3.05) is 6.61 Å². The van der Waals surface area contributed by atoms with Crippen LogP contribution in [0.25, 0.3) is 0 Å². The summed E-state index contributed by atoms with van der Waals surface area (Å²) < 4.78 is 5.95. The Bertz CT molecular complexity index is 627. The van der Waals surface area contributed by atoms with Crippen molar-refractivity contribution in [2.45, 2.75) is 43.9 Å². The molecule has 5 heteroatoms. The van der Waals surface area contributed by atoms with Crippen LogP contribution in [0, 0.1) is 0 Å². The number of esters is 1. The molecule has 1 aromatic carbocycles. The lowest BCUT2D eigenvalue weighted by Gasteiger charge is -2.19. The molecule has 0 spiro atoms. The average molecular weight is 348 g/mol. The van der Waals surface area contributed by atoms with Gasteiger partial charge in [-0.1, -0.05) is 42.5 Å². The van der Waals surface area contributed by atoms with E-state index in [0.29, 0.717) is 13.0 Å². The molecular formula is C18H21NO2S2. The largest absolute Gasteiger partial charge is 0.464 e. The lowest BCUT2D eigenvalue weighted by molar-refractivity contribution is -0.137. The summed E-state index contributed by atoms with van der Waals surface area (Å²) in [5, 5.41) is 3.82. The molecule has 122 valence electrons. The number of ether oxygens (including phenoxy) is 1. The zero-order chi connectivity index (χ0) is 16.2. The summed E-state index contributed by atoms with van der Waals surface area (Å²) in [5.41, 5.74) is 3.80. The van der Waals surface area contributed by atoms with Gasteiger partial charge < -0.3 is 10.1 Å². The van der Waals surface area contributed by atoms with Gasteiger partial charge in [0.15, 0.2) is 0 Å². The standard InChI is InChI=1S/C18H21NO2S2/c1-12(13-6-3-2-4-7-13)19-16-9-5-8-15(16)18(22)23-14-10-17(20)21-11-14/h2-4,6-7,12,14,19H,5,8-11H2,1H3. The normalized spacial score (nSPS) is 22.1. The van der Waals surface area contributed by atoms with E-state index < -0.39 is 0 Å². The monoisotopic (exact) mass is 347 g/mol. The van der Waals surface area contributed by atoms with E-state index in [1.165, 1.54) is 16.8 Å². The van der Waals surface area contributed by atoms with Gasteiger partial charge in [0.05, 0.1) is 15.9 Å². The maximum atomic E-state index is 11.2. The lowest BCUT2D eigenvalue weighted by Crippen LogP contribution is -2.19. The van der Waals surface area contributed by atoms with Crippen molar-refractivity contribution < 1.29 is 9.53 Å². The third-order valence-corrected chi connectivity index (χ3v) is 5.88. The lowest BCUT2D eigenvalue weighted by atomic mass is 10.1. The van der Waals surface area contributed by atoms with Gasteiger partial charge in [-0.3, -0.25) is 4.79 Å². The molecule has 1 aromatic rings. The van der Waals surface area contributed by atoms with Gasteiger partial charge in [0.2, 0.25) is 0 Å². The van der Waals surface area contributed by atoms with Crippen molar-refractivity contribution in [2.24, 2.45) is 0 Å². The number of thiocarbonyl (C=S) groups is 1. The quantitative estimate of drug-likeness (QED) is 0.640. The molecule has 3 nitrogen and oxygen atoms in total. The van der Waals surface area contributed by atoms with Crippen molar-refractivity contribution in [3.8, 4) is 0 Å². The number of thioether (sulfide) groups is 1. The van der Waals surface area contributed by atoms with Gasteiger partial charge in [-0.15, -0.1) is 11.8 Å². The molecule has 1 N–H and O–H groups in total. The average Bonchev–Trinajstić information content (AvgIpc) is 3.17. The molecule has 0 saturated carbocycles. The summed E-state index contributed by atoms with van der Waals surface area (Å²) in [6.07, 6.45) is 3.69. The first kappa shape index (κ1) is 16.5. The first-order chi connectivity index (χ1) is 11.1. The number of rotatable bonds is 5. The van der Waals surface area contributed by atoms with E-state index in [2.05, 4.69) is 36.5 Å². The smallest absolute Gasteiger partial charge is 0.307 e. The fourth-order valence-electron chi connectivity index (χ4n) is 3.00. The van der Waals surface area contributed by atoms with E-state index in [1.807, 2.05) is 6.07 Å². The van der Waals surface area contributed by atoms with Crippen molar-refractivity contribution in [1.29, 1.82) is 0 Å². The third kappa shape index (κ3) is 4.15. The van der Waals surface area contributed by atoms with Crippen molar-refractivity contribution in [3.63, 3.8) is 0 Å². The summed E-state index contributed by atoms with van der Waals surface area (Å²) in [6.45, 7) is 2.66. The molecule has 0 bridgehead atoms. The van der Waals surface area contributed by atoms with Gasteiger partial charge in [-0.25, -0.2) is 0 Å². The van der Waals surface area contributed by atoms with Crippen LogP contribution in [-0.4, -0.2) is 22.0 Å². The fourth-order valence-corrected chi connectivity index (χ4v) is 4.66. The number of allylic oxidation sites excluding steroid dienone is 1. The summed E-state index contributed by atoms with van der Waals surface area (Å²) in [7, 11) is 0. The Kier molecular flexibility index (Phi) is 5.38. The highest BCUT2D eigenvalue weighted by atomic mass is 32.2. The molecule has 1 fully saturated rings. The first-order valence-corrected chi connectivity index (χ1v) is 9.32. The minimum atomic E-state index is -0.109. The van der Waals surface area contributed by atoms with Crippen LogP contribution in [0.15, 0.2) is 41.6 Å². The van der Waals surface area contributed by atoms with E-state index in [-0.39, 0.29) is 17.3 Å². The van der Waals surface area contributed by atoms with E-state index in [1.54, 1.807) is 11.8 Å². The van der Waals surface area contributed by atoms with Gasteiger partial charge >= 0.3 is 5.97 Å². The number of cyclic esters (lactones) is 1. The van der Waals surface area contributed by atoms with Crippen LogP contribution >= 0.6 is 24.0 Å². The number of hydrogen-bond acceptors (Lipinski definition) is 5. The Morgan fingerprint density at radius 3 is 2.83 bits per heavy atom. The highest BCUT2D eigenvalue weighted by Gasteiger charge is 2.28. The molecule has 1 heterocycles. The van der Waals surface area contributed by atoms with Gasteiger partial charge in [-0.05, 0) is 37.3 Å². The van der Waals surface area contributed by atoms with E-state index in [0.717, 1.165) is 23.5 Å². The minimum absolute atomic E-state index is 0.109. The minimum Gasteiger partial charge on any atom is -0.464 e. The Hall–Kier alpha value is -1.33. The molecule has 2 atom stereocenters. The maximum absolute atomic E-state index is 11.2. The highest BCUT2D eigenvalue weighted by molar-refractivity contribution is 8.24. The van der Waals surface area contributed by atoms with Gasteiger partial charge in [-0.2, -0.15) is 0 Å². The zero-order valence-electron chi connectivity index (χ0n) is 13.2. The van der Waals surface area contributed by atoms with Gasteiger partial charge in [0, 0.05) is 11.7 Å². The number of nitrogens with one attached hydrogen (secondary N) is 1. The van der Waals surface area contributed by atoms with Gasteiger partial charge in [0.1, 0.15) is 6.61 Å². The summed E-state index contributed by atoms with van der Waals surface area (Å²) in [4.78, 5) is 11.2. The van der Waals surface area contributed by atoms with Crippen LogP contribution in [0.4, 0.5) is 0 Å². The van der Waals surface area contributed by atoms with Gasteiger partial charge in [0.25, 0.3) is 0 Å². The SMILES string of the molecule is CC(NC1=C(C(=S)SC2COC(=O)C2)CCC1)c1ccccc1. The molecule has 0 amide bonds. The Morgan fingerprint density at radius 2 is 2.13 bits per heavy atom. The second kappa shape index (κ2) is 7.49. The van der Waals surface area contributed by atoms with Crippen molar-refractivity contribution in [3.05, 3.63) is 47.2 Å². The Balaban J connectivity index is 1.66. The molecule has 23 heavy (non-hydrogen) atoms. The molecule has 1 aliphatic carbocycles. The predicted octanol–water partition coefficient (Wildman–Crippen LogP) is 4.15. The number of hydrogen-bond donors (Lipinski definition) is 1. The second-order valence-electron chi connectivity index (χ2n) is 6.00. The Morgan fingerprint density at radius 1 is 1.35 bits per heavy atom. The molecule has 0 aromatic heterocycles. The molecule has 2 unspecified atom stereocenters. The van der Waals surface area contributed by atoms with E-state index in [4.69, 9.17) is 17.0 Å². The molecule has 1 aliphatic heterocycles. The third-order valence-electron chi connectivity index (χ3n) is 4.25. The number of carbonyl (C=O) groups excluding carboxylic acids is 1. The van der Waals surface area contributed by atoms with E-state index in [9.17, 15) is 4.79 Å². The van der Waals surface area contributed by atoms with Crippen molar-refractivity contribution in [1.82, 2.24) is 5.32 Å². The zero-order valence-corrected chi connectivity index (χ0v) is 14.8. The van der Waals surface area contributed by atoms with Crippen molar-refractivity contribution >= 4 is 34.1 Å². The summed E-state index contributed by atoms with van der Waals surface area (Å²) in [5.74, 6) is -0.109. The molecule has 1 saturated heterocycles. The van der Waals surface area contributed by atoms with Crippen LogP contribution in [0.2, 0.25) is 0 Å². The van der Waals surface area contributed by atoms with Crippen LogP contribution in [0.5, 0.6) is 0 Å². The van der Waals surface area contributed by atoms with Crippen LogP contribution in [0.3, 0.4) is 0 Å². The number of benzene rings is 1. The highest BCUT2D eigenvalue weighted by Crippen LogP contribution is 2.34. The first-order valence-electron chi connectivity index (χ1n) is 8.03. The topological polar surface area (TPSA) is 38.3 Å². The van der Waals surface area contributed by atoms with Crippen LogP contribution in [-0.2, 0) is 9.53 Å². The summed E-state index contributed by atoms with van der Waals surface area (Å²) in [6, 6.07) is 10.7. The summed E-state index contributed by atoms with van der Waals surface area (Å²) >= 11 is 7.26. The molecule has 3 rings (SSSR count). The van der Waals surface area contributed by atoms with Crippen LogP contribution in [0.1, 0.15) is 44.2 Å². The van der Waals surface area contributed by atoms with Crippen LogP contribution < -0.4 is 5.32 Å². The van der Waals surface area contributed by atoms with E-state index >= 15 is 0 Å². The fraction of sp³-hybridized carbons (Fsp3) is 0.444. The molecular weight excluding hydrogens is 326 g/mol.